The summed E-state index contributed by atoms with van der Waals surface area (Å²) in [6, 6.07) is 3.06. The van der Waals surface area contributed by atoms with Gasteiger partial charge in [0.05, 0.1) is 5.69 Å². The van der Waals surface area contributed by atoms with E-state index in [4.69, 9.17) is 0 Å². The highest BCUT2D eigenvalue weighted by Gasteiger charge is 2.65. The molecule has 2 aromatic rings. The van der Waals surface area contributed by atoms with Gasteiger partial charge in [-0.25, -0.2) is 4.79 Å². The zero-order valence-electron chi connectivity index (χ0n) is 18.6. The van der Waals surface area contributed by atoms with Gasteiger partial charge in [-0.2, -0.15) is 22.6 Å². The van der Waals surface area contributed by atoms with Crippen LogP contribution < -0.4 is 19.6 Å². The summed E-state index contributed by atoms with van der Waals surface area (Å²) in [5.41, 5.74) is -0.234. The second-order valence-electron chi connectivity index (χ2n) is 9.53. The number of hydrogen-bond donors (Lipinski definition) is 1. The molecule has 0 saturated carbocycles. The van der Waals surface area contributed by atoms with E-state index < -0.39 is 35.3 Å². The van der Waals surface area contributed by atoms with Gasteiger partial charge in [0, 0.05) is 22.7 Å². The molecule has 0 saturated heterocycles. The molecule has 0 bridgehead atoms. The van der Waals surface area contributed by atoms with Crippen molar-refractivity contribution in [2.75, 3.05) is 0 Å². The number of carbonyl (C=O) groups excluding carboxylic acids is 1. The average molecular weight is 476 g/mol. The number of aryl methyl sites for hydroxylation is 1. The van der Waals surface area contributed by atoms with E-state index in [1.165, 1.54) is 22.0 Å². The zero-order valence-corrected chi connectivity index (χ0v) is 19.4. The maximum absolute atomic E-state index is 13.6. The number of benzene rings is 1. The summed E-state index contributed by atoms with van der Waals surface area (Å²) in [4.78, 5) is 17.8. The van der Waals surface area contributed by atoms with Crippen LogP contribution in [0.3, 0.4) is 0 Å². The minimum atomic E-state index is -4.82. The number of carbonyl (C=O) groups is 1. The second-order valence-corrected chi connectivity index (χ2v) is 10.7. The fourth-order valence-electron chi connectivity index (χ4n) is 3.70. The molecular weight excluding hydrogens is 450 g/mol. The Bertz CT molecular complexity index is 1100. The van der Waals surface area contributed by atoms with Crippen LogP contribution >= 0.6 is 11.3 Å². The molecule has 1 aromatic heterocycles. The molecule has 0 spiro atoms. The third kappa shape index (κ3) is 5.25. The summed E-state index contributed by atoms with van der Waals surface area (Å²) in [5.74, 6) is -1.06. The predicted molar refractivity (Wildman–Crippen MR) is 112 cm³/mol. The standard InChI is InChI=1S/C21H25F4N3O3S/c1-12-10-28(17(32-12)26-16(29)27-19(5,6)11-18(2,3)4)13-7-8-14-15(9-13)31-21(24,25)20(22,23)30-14/h7-10H,11H2,1-6H3,(H,27,29)/b26-17-. The Labute approximate surface area is 186 Å². The van der Waals surface area contributed by atoms with E-state index in [0.29, 0.717) is 12.1 Å². The Morgan fingerprint density at radius 2 is 1.69 bits per heavy atom. The minimum Gasteiger partial charge on any atom is -0.421 e. The number of fused-ring (bicyclic) bond motifs is 1. The fraction of sp³-hybridized carbons (Fsp3) is 0.524. The van der Waals surface area contributed by atoms with Crippen molar-refractivity contribution in [1.29, 1.82) is 0 Å². The average Bonchev–Trinajstić information content (AvgIpc) is 2.92. The molecule has 3 rings (SSSR count). The van der Waals surface area contributed by atoms with Gasteiger partial charge in [-0.3, -0.25) is 4.57 Å². The number of rotatable bonds is 3. The number of nitrogens with zero attached hydrogens (tertiary/aromatic N) is 2. The predicted octanol–water partition coefficient (Wildman–Crippen LogP) is 5.63. The molecule has 176 valence electrons. The molecule has 2 heterocycles. The largest absolute Gasteiger partial charge is 0.507 e. The van der Waals surface area contributed by atoms with Crippen molar-refractivity contribution in [3.8, 4) is 17.2 Å². The van der Waals surface area contributed by atoms with Gasteiger partial charge in [0.25, 0.3) is 0 Å². The number of nitrogens with one attached hydrogen (secondary N) is 1. The molecule has 0 aliphatic carbocycles. The SMILES string of the molecule is Cc1cn(-c2ccc3c(c2)OC(F)(F)C(F)(F)O3)/c(=N/C(=O)NC(C)(C)CC(C)(C)C)s1. The van der Waals surface area contributed by atoms with Crippen molar-refractivity contribution in [3.63, 3.8) is 0 Å². The summed E-state index contributed by atoms with van der Waals surface area (Å²) >= 11 is 1.21. The highest BCUT2D eigenvalue weighted by atomic mass is 32.1. The molecule has 0 fully saturated rings. The molecule has 1 N–H and O–H groups in total. The fourth-order valence-corrected chi connectivity index (χ4v) is 4.53. The van der Waals surface area contributed by atoms with Crippen molar-refractivity contribution in [3.05, 3.63) is 34.1 Å². The summed E-state index contributed by atoms with van der Waals surface area (Å²) in [6.07, 6.45) is -7.24. The van der Waals surface area contributed by atoms with Gasteiger partial charge in [0.2, 0.25) is 0 Å². The van der Waals surface area contributed by atoms with Crippen molar-refractivity contribution < 1.29 is 31.8 Å². The summed E-state index contributed by atoms with van der Waals surface area (Å²) in [7, 11) is 0. The first-order valence-electron chi connectivity index (χ1n) is 9.82. The topological polar surface area (TPSA) is 64.8 Å². The Hall–Kier alpha value is -2.56. The van der Waals surface area contributed by atoms with Crippen LogP contribution in [0.5, 0.6) is 11.5 Å². The lowest BCUT2D eigenvalue weighted by Gasteiger charge is -2.32. The van der Waals surface area contributed by atoms with Crippen LogP contribution in [0.2, 0.25) is 0 Å². The van der Waals surface area contributed by atoms with Crippen molar-refractivity contribution in [2.24, 2.45) is 10.4 Å². The van der Waals surface area contributed by atoms with E-state index in [-0.39, 0.29) is 10.2 Å². The maximum Gasteiger partial charge on any atom is 0.507 e. The number of alkyl halides is 4. The zero-order chi connectivity index (χ0) is 24.1. The molecular formula is C21H25F4N3O3S. The van der Waals surface area contributed by atoms with Crippen LogP contribution in [-0.2, 0) is 0 Å². The van der Waals surface area contributed by atoms with E-state index in [9.17, 15) is 22.4 Å². The molecule has 1 aliphatic heterocycles. The molecule has 0 atom stereocenters. The van der Waals surface area contributed by atoms with E-state index in [2.05, 4.69) is 40.6 Å². The molecule has 2 amide bonds. The lowest BCUT2D eigenvalue weighted by molar-refractivity contribution is -0.391. The van der Waals surface area contributed by atoms with Crippen LogP contribution in [0, 0.1) is 12.3 Å². The molecule has 1 aromatic carbocycles. The Morgan fingerprint density at radius 3 is 2.28 bits per heavy atom. The van der Waals surface area contributed by atoms with E-state index in [1.807, 2.05) is 13.8 Å². The lowest BCUT2D eigenvalue weighted by Crippen LogP contribution is -2.52. The van der Waals surface area contributed by atoms with Gasteiger partial charge >= 0.3 is 18.2 Å². The van der Waals surface area contributed by atoms with Crippen LogP contribution in [-0.4, -0.2) is 28.4 Å². The smallest absolute Gasteiger partial charge is 0.421 e. The van der Waals surface area contributed by atoms with Gasteiger partial charge in [0.15, 0.2) is 16.3 Å². The van der Waals surface area contributed by atoms with Crippen LogP contribution in [0.15, 0.2) is 29.4 Å². The first-order chi connectivity index (χ1) is 14.5. The van der Waals surface area contributed by atoms with Crippen molar-refractivity contribution >= 4 is 17.4 Å². The normalized spacial score (nSPS) is 17.9. The quantitative estimate of drug-likeness (QED) is 0.586. The van der Waals surface area contributed by atoms with E-state index in [1.54, 1.807) is 13.1 Å². The van der Waals surface area contributed by atoms with Gasteiger partial charge in [0.1, 0.15) is 0 Å². The molecule has 6 nitrogen and oxygen atoms in total. The monoisotopic (exact) mass is 475 g/mol. The number of aromatic nitrogens is 1. The number of amides is 2. The highest BCUT2D eigenvalue weighted by Crippen LogP contribution is 2.47. The van der Waals surface area contributed by atoms with Crippen LogP contribution in [0.25, 0.3) is 5.69 Å². The highest BCUT2D eigenvalue weighted by molar-refractivity contribution is 7.09. The van der Waals surface area contributed by atoms with Crippen molar-refractivity contribution in [1.82, 2.24) is 9.88 Å². The molecule has 0 unspecified atom stereocenters. The third-order valence-corrected chi connectivity index (χ3v) is 5.30. The minimum absolute atomic E-state index is 0.0136. The Balaban J connectivity index is 1.93. The number of hydrogen-bond acceptors (Lipinski definition) is 4. The molecule has 11 heteroatoms. The number of ether oxygens (including phenoxy) is 2. The summed E-state index contributed by atoms with van der Waals surface area (Å²) in [6.45, 7) is 11.8. The Kier molecular flexibility index (Phi) is 5.86. The van der Waals surface area contributed by atoms with Gasteiger partial charge < -0.3 is 14.8 Å². The van der Waals surface area contributed by atoms with Crippen molar-refractivity contribution in [2.45, 2.75) is 65.7 Å². The second kappa shape index (κ2) is 7.79. The third-order valence-electron chi connectivity index (χ3n) is 4.40. The van der Waals surface area contributed by atoms with Crippen LogP contribution in [0.1, 0.15) is 45.9 Å². The van der Waals surface area contributed by atoms with E-state index in [0.717, 1.165) is 17.0 Å². The summed E-state index contributed by atoms with van der Waals surface area (Å²) < 4.78 is 63.7. The molecule has 1 aliphatic rings. The van der Waals surface area contributed by atoms with Crippen LogP contribution in [0.4, 0.5) is 22.4 Å². The van der Waals surface area contributed by atoms with Gasteiger partial charge in [-0.1, -0.05) is 20.8 Å². The van der Waals surface area contributed by atoms with Gasteiger partial charge in [-0.05, 0) is 44.7 Å². The number of thiazole rings is 1. The van der Waals surface area contributed by atoms with Gasteiger partial charge in [-0.15, -0.1) is 11.3 Å². The molecule has 0 radical (unpaired) electrons. The lowest BCUT2D eigenvalue weighted by atomic mass is 9.82. The number of urea groups is 1. The van der Waals surface area contributed by atoms with E-state index >= 15 is 0 Å². The summed E-state index contributed by atoms with van der Waals surface area (Å²) in [5, 5.41) is 2.88. The molecule has 32 heavy (non-hydrogen) atoms. The Morgan fingerprint density at radius 1 is 1.09 bits per heavy atom. The first-order valence-corrected chi connectivity index (χ1v) is 10.6. The first kappa shape index (κ1) is 24.1. The maximum atomic E-state index is 13.6. The number of halogens is 4.